The molecule has 13 heavy (non-hydrogen) atoms. The first-order valence-electron chi connectivity index (χ1n) is 5.04. The van der Waals surface area contributed by atoms with Gasteiger partial charge in [-0.05, 0) is 25.0 Å². The van der Waals surface area contributed by atoms with Crippen LogP contribution in [0.25, 0.3) is 0 Å². The van der Waals surface area contributed by atoms with E-state index in [0.717, 1.165) is 6.42 Å². The van der Waals surface area contributed by atoms with Gasteiger partial charge < -0.3 is 5.73 Å². The van der Waals surface area contributed by atoms with Gasteiger partial charge in [0.1, 0.15) is 0 Å². The summed E-state index contributed by atoms with van der Waals surface area (Å²) in [5.41, 5.74) is 7.25. The summed E-state index contributed by atoms with van der Waals surface area (Å²) < 4.78 is 0. The highest BCUT2D eigenvalue weighted by atomic mass is 14.7. The largest absolute Gasteiger partial charge is 0.327 e. The Labute approximate surface area is 79.2 Å². The number of nitrogens with zero attached hydrogens (tertiary/aromatic N) is 1. The lowest BCUT2D eigenvalue weighted by Gasteiger charge is -2.27. The summed E-state index contributed by atoms with van der Waals surface area (Å²) in [5.74, 6) is 0.495. The van der Waals surface area contributed by atoms with Crippen LogP contribution in [0.3, 0.4) is 0 Å². The maximum atomic E-state index is 6.07. The lowest BCUT2D eigenvalue weighted by molar-refractivity contribution is 0.380. The van der Waals surface area contributed by atoms with Crippen LogP contribution in [0, 0.1) is 0 Å². The molecule has 2 nitrogen and oxygen atoms in total. The Kier molecular flexibility index (Phi) is 2.60. The zero-order valence-electron chi connectivity index (χ0n) is 7.82. The second kappa shape index (κ2) is 3.88. The Hall–Kier alpha value is -0.890. The fourth-order valence-electron chi connectivity index (χ4n) is 2.12. The quantitative estimate of drug-likeness (QED) is 0.711. The van der Waals surface area contributed by atoms with E-state index in [-0.39, 0.29) is 0 Å². The molecule has 0 amide bonds. The Morgan fingerprint density at radius 2 is 2.08 bits per heavy atom. The van der Waals surface area contributed by atoms with Gasteiger partial charge in [-0.3, -0.25) is 4.98 Å². The highest BCUT2D eigenvalue weighted by Crippen LogP contribution is 2.30. The molecule has 2 N–H and O–H groups in total. The summed E-state index contributed by atoms with van der Waals surface area (Å²) in [5, 5.41) is 0. The SMILES string of the molecule is NC1CCCCC1c1ccccn1. The molecule has 1 aromatic heterocycles. The van der Waals surface area contributed by atoms with Crippen LogP contribution in [-0.2, 0) is 0 Å². The number of nitrogens with two attached hydrogens (primary N) is 1. The van der Waals surface area contributed by atoms with Crippen LogP contribution < -0.4 is 5.73 Å². The van der Waals surface area contributed by atoms with Crippen LogP contribution in [-0.4, -0.2) is 11.0 Å². The zero-order valence-corrected chi connectivity index (χ0v) is 7.82. The highest BCUT2D eigenvalue weighted by Gasteiger charge is 2.23. The van der Waals surface area contributed by atoms with Crippen molar-refractivity contribution in [3.63, 3.8) is 0 Å². The molecule has 2 unspecified atom stereocenters. The molecule has 0 aromatic carbocycles. The molecule has 0 aliphatic heterocycles. The van der Waals surface area contributed by atoms with Crippen LogP contribution >= 0.6 is 0 Å². The topological polar surface area (TPSA) is 38.9 Å². The molecule has 2 heteroatoms. The third kappa shape index (κ3) is 1.89. The number of aromatic nitrogens is 1. The van der Waals surface area contributed by atoms with Crippen molar-refractivity contribution in [2.45, 2.75) is 37.6 Å². The monoisotopic (exact) mass is 176 g/mol. The van der Waals surface area contributed by atoms with Crippen molar-refractivity contribution < 1.29 is 0 Å². The molecule has 2 rings (SSSR count). The van der Waals surface area contributed by atoms with Gasteiger partial charge in [0.25, 0.3) is 0 Å². The maximum absolute atomic E-state index is 6.07. The summed E-state index contributed by atoms with van der Waals surface area (Å²) in [4.78, 5) is 4.37. The van der Waals surface area contributed by atoms with Crippen molar-refractivity contribution in [1.82, 2.24) is 4.98 Å². The van der Waals surface area contributed by atoms with Crippen molar-refractivity contribution >= 4 is 0 Å². The van der Waals surface area contributed by atoms with Crippen molar-refractivity contribution in [3.05, 3.63) is 30.1 Å². The molecule has 1 aromatic rings. The first kappa shape index (κ1) is 8.70. The molecule has 0 bridgehead atoms. The Morgan fingerprint density at radius 3 is 2.77 bits per heavy atom. The normalized spacial score (nSPS) is 28.7. The van der Waals surface area contributed by atoms with E-state index in [2.05, 4.69) is 11.1 Å². The zero-order chi connectivity index (χ0) is 9.10. The number of hydrogen-bond donors (Lipinski definition) is 1. The summed E-state index contributed by atoms with van der Waals surface area (Å²) in [6.45, 7) is 0. The second-order valence-electron chi connectivity index (χ2n) is 3.81. The van der Waals surface area contributed by atoms with E-state index >= 15 is 0 Å². The van der Waals surface area contributed by atoms with E-state index in [0.29, 0.717) is 12.0 Å². The third-order valence-electron chi connectivity index (χ3n) is 2.89. The molecule has 0 spiro atoms. The minimum absolute atomic E-state index is 0.323. The molecule has 0 saturated heterocycles. The van der Waals surface area contributed by atoms with Crippen LogP contribution in [0.5, 0.6) is 0 Å². The molecule has 0 radical (unpaired) electrons. The fraction of sp³-hybridized carbons (Fsp3) is 0.545. The van der Waals surface area contributed by atoms with Gasteiger partial charge in [0, 0.05) is 23.9 Å². The molecule has 1 aliphatic rings. The molecular formula is C11H16N2. The van der Waals surface area contributed by atoms with Gasteiger partial charge in [-0.2, -0.15) is 0 Å². The smallest absolute Gasteiger partial charge is 0.0449 e. The van der Waals surface area contributed by atoms with E-state index in [1.165, 1.54) is 25.0 Å². The van der Waals surface area contributed by atoms with Gasteiger partial charge in [-0.15, -0.1) is 0 Å². The summed E-state index contributed by atoms with van der Waals surface area (Å²) in [6.07, 6.45) is 6.80. The van der Waals surface area contributed by atoms with Crippen LogP contribution in [0.15, 0.2) is 24.4 Å². The second-order valence-corrected chi connectivity index (χ2v) is 3.81. The predicted molar refractivity (Wildman–Crippen MR) is 53.4 cm³/mol. The average molecular weight is 176 g/mol. The summed E-state index contributed by atoms with van der Waals surface area (Å²) >= 11 is 0. The van der Waals surface area contributed by atoms with E-state index in [1.807, 2.05) is 18.3 Å². The minimum atomic E-state index is 0.323. The first-order chi connectivity index (χ1) is 6.38. The lowest BCUT2D eigenvalue weighted by Crippen LogP contribution is -2.31. The Morgan fingerprint density at radius 1 is 1.23 bits per heavy atom. The predicted octanol–water partition coefficient (Wildman–Crippen LogP) is 2.07. The Balaban J connectivity index is 2.15. The lowest BCUT2D eigenvalue weighted by atomic mass is 9.83. The van der Waals surface area contributed by atoms with Gasteiger partial charge in [0.2, 0.25) is 0 Å². The van der Waals surface area contributed by atoms with Crippen molar-refractivity contribution in [2.24, 2.45) is 5.73 Å². The number of hydrogen-bond acceptors (Lipinski definition) is 2. The summed E-state index contributed by atoms with van der Waals surface area (Å²) in [7, 11) is 0. The highest BCUT2D eigenvalue weighted by molar-refractivity contribution is 5.12. The van der Waals surface area contributed by atoms with Gasteiger partial charge in [-0.1, -0.05) is 18.9 Å². The van der Waals surface area contributed by atoms with Crippen molar-refractivity contribution in [2.75, 3.05) is 0 Å². The molecule has 70 valence electrons. The summed E-state index contributed by atoms with van der Waals surface area (Å²) in [6, 6.07) is 6.42. The van der Waals surface area contributed by atoms with Crippen LogP contribution in [0.1, 0.15) is 37.3 Å². The molecule has 1 saturated carbocycles. The minimum Gasteiger partial charge on any atom is -0.327 e. The fourth-order valence-corrected chi connectivity index (χ4v) is 2.12. The molecule has 1 heterocycles. The molecular weight excluding hydrogens is 160 g/mol. The van der Waals surface area contributed by atoms with Crippen molar-refractivity contribution in [3.8, 4) is 0 Å². The van der Waals surface area contributed by atoms with E-state index in [1.54, 1.807) is 0 Å². The molecule has 1 fully saturated rings. The van der Waals surface area contributed by atoms with E-state index < -0.39 is 0 Å². The number of rotatable bonds is 1. The van der Waals surface area contributed by atoms with Gasteiger partial charge in [0.05, 0.1) is 0 Å². The van der Waals surface area contributed by atoms with E-state index in [4.69, 9.17) is 5.73 Å². The van der Waals surface area contributed by atoms with Crippen LogP contribution in [0.4, 0.5) is 0 Å². The standard InChI is InChI=1S/C11H16N2/c12-10-6-2-1-5-9(10)11-7-3-4-8-13-11/h3-4,7-10H,1-2,5-6,12H2. The maximum Gasteiger partial charge on any atom is 0.0449 e. The Bertz CT molecular complexity index is 258. The van der Waals surface area contributed by atoms with Crippen LogP contribution in [0.2, 0.25) is 0 Å². The van der Waals surface area contributed by atoms with Gasteiger partial charge >= 0.3 is 0 Å². The molecule has 1 aliphatic carbocycles. The van der Waals surface area contributed by atoms with Gasteiger partial charge in [-0.25, -0.2) is 0 Å². The molecule has 2 atom stereocenters. The first-order valence-corrected chi connectivity index (χ1v) is 5.04. The number of pyridine rings is 1. The van der Waals surface area contributed by atoms with Gasteiger partial charge in [0.15, 0.2) is 0 Å². The van der Waals surface area contributed by atoms with E-state index in [9.17, 15) is 0 Å². The third-order valence-corrected chi connectivity index (χ3v) is 2.89. The van der Waals surface area contributed by atoms with Crippen molar-refractivity contribution in [1.29, 1.82) is 0 Å². The average Bonchev–Trinajstić information content (AvgIpc) is 2.20.